The number of ether oxygens (including phenoxy) is 1. The fraction of sp³-hybridized carbons (Fsp3) is 0.196. The lowest BCUT2D eigenvalue weighted by atomic mass is 9.71. The summed E-state index contributed by atoms with van der Waals surface area (Å²) in [6, 6.07) is 40.7. The first-order valence-corrected chi connectivity index (χ1v) is 20.1. The van der Waals surface area contributed by atoms with Gasteiger partial charge >= 0.3 is 5.97 Å². The van der Waals surface area contributed by atoms with E-state index in [1.54, 1.807) is 42.5 Å². The minimum absolute atomic E-state index is 0.0861. The van der Waals surface area contributed by atoms with Crippen molar-refractivity contribution in [1.29, 1.82) is 0 Å². The van der Waals surface area contributed by atoms with Crippen molar-refractivity contribution < 1.29 is 29.0 Å². The second-order valence-corrected chi connectivity index (χ2v) is 16.1. The molecule has 2 saturated heterocycles. The topological polar surface area (TPSA) is 126 Å². The Morgan fingerprint density at radius 2 is 1.52 bits per heavy atom. The number of allylic oxidation sites excluding steroid dienone is 1. The molecule has 5 aromatic rings. The molecule has 4 aromatic carbocycles. The molecule has 0 saturated carbocycles. The summed E-state index contributed by atoms with van der Waals surface area (Å²) in [6.07, 6.45) is 3.14. The number of ketones is 1. The van der Waals surface area contributed by atoms with Crippen LogP contribution in [0.15, 0.2) is 163 Å². The molecule has 9 nitrogen and oxygen atoms in total. The number of aromatic nitrogens is 1. The molecule has 2 fully saturated rings. The number of aliphatic hydroxyl groups is 1. The number of benzene rings is 4. The van der Waals surface area contributed by atoms with Gasteiger partial charge in [-0.05, 0) is 80.3 Å². The third-order valence-corrected chi connectivity index (χ3v) is 13.2. The Morgan fingerprint density at radius 1 is 0.911 bits per heavy atom. The normalized spacial score (nSPS) is 20.0. The second-order valence-electron chi connectivity index (χ2n) is 13.9. The van der Waals surface area contributed by atoms with Gasteiger partial charge in [0.2, 0.25) is 5.91 Å². The minimum atomic E-state index is -1.22. The number of esters is 1. The van der Waals surface area contributed by atoms with Gasteiger partial charge in [-0.15, -0.1) is 0 Å². The third kappa shape index (κ3) is 7.36. The number of nitrogens with one attached hydrogen (secondary N) is 1. The van der Waals surface area contributed by atoms with Crippen molar-refractivity contribution in [2.75, 3.05) is 18.1 Å². The summed E-state index contributed by atoms with van der Waals surface area (Å²) in [6.45, 7) is 5.20. The Kier molecular flexibility index (Phi) is 11.5. The molecule has 0 aliphatic carbocycles. The number of hydrogen-bond donors (Lipinski definition) is 2. The smallest absolute Gasteiger partial charge is 0.355 e. The molecule has 0 radical (unpaired) electrons. The highest BCUT2D eigenvalue weighted by Gasteiger charge is 2.58. The molecule has 0 spiro atoms. The van der Waals surface area contributed by atoms with Crippen molar-refractivity contribution >= 4 is 42.5 Å². The number of amides is 2. The molecule has 4 atom stereocenters. The van der Waals surface area contributed by atoms with E-state index in [1.165, 1.54) is 24.1 Å². The van der Waals surface area contributed by atoms with E-state index in [4.69, 9.17) is 4.74 Å². The first-order valence-electron chi connectivity index (χ1n) is 18.6. The summed E-state index contributed by atoms with van der Waals surface area (Å²) in [4.78, 5) is 61.5. The van der Waals surface area contributed by atoms with E-state index in [-0.39, 0.29) is 36.1 Å². The number of rotatable bonds is 13. The molecule has 1 unspecified atom stereocenters. The van der Waals surface area contributed by atoms with E-state index < -0.39 is 43.3 Å². The van der Waals surface area contributed by atoms with Crippen LogP contribution in [-0.2, 0) is 19.7 Å². The number of Topliss-reactive ketones (excluding diaryl/α,β-unsaturated/α-hetero) is 1. The zero-order valence-corrected chi connectivity index (χ0v) is 31.8. The highest BCUT2D eigenvalue weighted by atomic mass is 31.1. The molecule has 2 aliphatic heterocycles. The van der Waals surface area contributed by atoms with Crippen LogP contribution in [0.1, 0.15) is 51.7 Å². The van der Waals surface area contributed by atoms with Crippen LogP contribution >= 0.6 is 7.92 Å². The highest BCUT2D eigenvalue weighted by molar-refractivity contribution is 7.70. The van der Waals surface area contributed by atoms with Gasteiger partial charge in [0.05, 0.1) is 18.1 Å². The van der Waals surface area contributed by atoms with Crippen LogP contribution in [0.3, 0.4) is 0 Å². The Balaban J connectivity index is 1.34. The number of β-lactam (4-membered cyclic amide) rings is 1. The molecule has 10 heteroatoms. The number of aliphatic hydroxyl groups excluding tert-OH is 1. The Morgan fingerprint density at radius 3 is 2.09 bits per heavy atom. The standard InChI is InChI=1S/C46H42N3O6P/c1-3-28-55-45(54)41(42-46(33-15-7-4-8-16-33,34-17-9-5-10-18-34)26-29-56(42)36-19-11-6-12-20-36)49-38(40(31(2)50)44(49)53)30-39(51)32-22-24-35(25-23-32)48-43(52)37-21-13-14-27-47-37/h3-25,27,31,38,40,50H,1,26,28-30H2,2H3,(H,48,52)/t31-,38-,40-,56?/m1/s1. The number of pyridine rings is 1. The van der Waals surface area contributed by atoms with Gasteiger partial charge in [0.1, 0.15) is 18.0 Å². The third-order valence-electron chi connectivity index (χ3n) is 10.5. The van der Waals surface area contributed by atoms with E-state index in [1.807, 2.05) is 54.6 Å². The maximum absolute atomic E-state index is 14.7. The van der Waals surface area contributed by atoms with Crippen LogP contribution in [-0.4, -0.2) is 63.5 Å². The Bertz CT molecular complexity index is 2210. The second kappa shape index (κ2) is 16.8. The van der Waals surface area contributed by atoms with Gasteiger partial charge in [0.25, 0.3) is 5.91 Å². The monoisotopic (exact) mass is 763 g/mol. The highest BCUT2D eigenvalue weighted by Crippen LogP contribution is 2.66. The number of hydrogen-bond acceptors (Lipinski definition) is 7. The first kappa shape index (κ1) is 38.3. The number of likely N-dealkylation sites (tertiary alicyclic amines) is 1. The van der Waals surface area contributed by atoms with Gasteiger partial charge in [0.15, 0.2) is 5.78 Å². The van der Waals surface area contributed by atoms with Crippen LogP contribution in [0.2, 0.25) is 0 Å². The van der Waals surface area contributed by atoms with Crippen molar-refractivity contribution in [3.63, 3.8) is 0 Å². The predicted molar refractivity (Wildman–Crippen MR) is 218 cm³/mol. The lowest BCUT2D eigenvalue weighted by Crippen LogP contribution is -2.65. The first-order chi connectivity index (χ1) is 27.2. The summed E-state index contributed by atoms with van der Waals surface area (Å²) >= 11 is 0. The summed E-state index contributed by atoms with van der Waals surface area (Å²) in [5.74, 6) is -2.76. The molecule has 3 heterocycles. The van der Waals surface area contributed by atoms with Crippen molar-refractivity contribution in [2.45, 2.75) is 37.3 Å². The fourth-order valence-corrected chi connectivity index (χ4v) is 11.1. The molecule has 2 amide bonds. The summed E-state index contributed by atoms with van der Waals surface area (Å²) in [5.41, 5.74) is 2.31. The average Bonchev–Trinajstić information content (AvgIpc) is 3.64. The van der Waals surface area contributed by atoms with Crippen LogP contribution in [0.5, 0.6) is 0 Å². The Labute approximate surface area is 327 Å². The summed E-state index contributed by atoms with van der Waals surface area (Å²) in [5, 5.41) is 15.6. The molecule has 2 N–H and O–H groups in total. The van der Waals surface area contributed by atoms with Crippen molar-refractivity contribution in [1.82, 2.24) is 9.88 Å². The van der Waals surface area contributed by atoms with E-state index in [9.17, 15) is 24.3 Å². The van der Waals surface area contributed by atoms with Crippen LogP contribution in [0, 0.1) is 5.92 Å². The van der Waals surface area contributed by atoms with Gasteiger partial charge in [-0.1, -0.05) is 110 Å². The molecule has 7 rings (SSSR count). The van der Waals surface area contributed by atoms with E-state index in [0.717, 1.165) is 27.9 Å². The Hall–Kier alpha value is -6.02. The zero-order valence-electron chi connectivity index (χ0n) is 31.0. The zero-order chi connectivity index (χ0) is 39.2. The molecule has 2 aliphatic rings. The summed E-state index contributed by atoms with van der Waals surface area (Å²) in [7, 11) is -1.22. The van der Waals surface area contributed by atoms with Gasteiger partial charge in [0, 0.05) is 34.6 Å². The van der Waals surface area contributed by atoms with E-state index in [0.29, 0.717) is 17.7 Å². The molecule has 282 valence electrons. The largest absolute Gasteiger partial charge is 0.457 e. The quantitative estimate of drug-likeness (QED) is 0.0323. The van der Waals surface area contributed by atoms with Crippen LogP contribution in [0.25, 0.3) is 0 Å². The molecule has 56 heavy (non-hydrogen) atoms. The molecule has 1 aromatic heterocycles. The van der Waals surface area contributed by atoms with E-state index >= 15 is 0 Å². The predicted octanol–water partition coefficient (Wildman–Crippen LogP) is 7.25. The minimum Gasteiger partial charge on any atom is -0.457 e. The maximum Gasteiger partial charge on any atom is 0.355 e. The number of carbonyl (C=O) groups is 4. The molecule has 0 bridgehead atoms. The molecular weight excluding hydrogens is 721 g/mol. The van der Waals surface area contributed by atoms with Crippen molar-refractivity contribution in [2.24, 2.45) is 5.92 Å². The maximum atomic E-state index is 14.7. The summed E-state index contributed by atoms with van der Waals surface area (Å²) < 4.78 is 5.85. The van der Waals surface area contributed by atoms with E-state index in [2.05, 4.69) is 53.3 Å². The number of carbonyl (C=O) groups excluding carboxylic acids is 4. The SMILES string of the molecule is C=CCOC(=O)C(=C1P(c2ccccc2)CCC1(c1ccccc1)c1ccccc1)N1C(=O)[C@H]([C@@H](C)O)[C@H]1CC(=O)c1ccc(NC(=O)c2ccccn2)cc1. The van der Waals surface area contributed by atoms with Gasteiger partial charge in [-0.2, -0.15) is 0 Å². The van der Waals surface area contributed by atoms with Gasteiger partial charge < -0.3 is 20.1 Å². The van der Waals surface area contributed by atoms with Crippen molar-refractivity contribution in [3.8, 4) is 0 Å². The van der Waals surface area contributed by atoms with Crippen LogP contribution in [0.4, 0.5) is 5.69 Å². The van der Waals surface area contributed by atoms with Crippen molar-refractivity contribution in [3.05, 3.63) is 186 Å². The fourth-order valence-electron chi connectivity index (χ4n) is 7.95. The van der Waals surface area contributed by atoms with Gasteiger partial charge in [-0.25, -0.2) is 4.79 Å². The molecular formula is C46H42N3O6P. The number of nitrogens with zero attached hydrogens (tertiary/aromatic N) is 2. The average molecular weight is 764 g/mol. The lowest BCUT2D eigenvalue weighted by Gasteiger charge is -2.50. The number of anilines is 1. The van der Waals surface area contributed by atoms with Gasteiger partial charge in [-0.3, -0.25) is 19.4 Å². The van der Waals surface area contributed by atoms with Crippen LogP contribution < -0.4 is 10.6 Å². The lowest BCUT2D eigenvalue weighted by molar-refractivity contribution is -0.164.